The first-order chi connectivity index (χ1) is 34.0. The first kappa shape index (κ1) is 54.9. The lowest BCUT2D eigenvalue weighted by molar-refractivity contribution is -0.271. The number of phenolic OH excluding ortho intramolecular Hbond substituents is 1. The van der Waals surface area contributed by atoms with Gasteiger partial charge < -0.3 is 19.7 Å². The van der Waals surface area contributed by atoms with E-state index < -0.39 is 31.1 Å². The second kappa shape index (κ2) is 28.6. The smallest absolute Gasteiger partial charge is 0.192 e. The van der Waals surface area contributed by atoms with E-state index >= 15 is 0 Å². The van der Waals surface area contributed by atoms with Gasteiger partial charge in [0.15, 0.2) is 41.4 Å². The Morgan fingerprint density at radius 2 is 0.957 bits per heavy atom. The van der Waals surface area contributed by atoms with E-state index in [1.54, 1.807) is 58.2 Å². The molecule has 0 amide bonds. The number of phenols is 1. The fourth-order valence-electron chi connectivity index (χ4n) is 6.94. The molecule has 2 N–H and O–H groups in total. The lowest BCUT2D eigenvalue weighted by Gasteiger charge is -2.18. The van der Waals surface area contributed by atoms with Crippen molar-refractivity contribution in [1.82, 2.24) is 0 Å². The molecule has 2 aromatic heterocycles. The molecule has 8 nitrogen and oxygen atoms in total. The summed E-state index contributed by atoms with van der Waals surface area (Å²) in [7, 11) is 2.54. The van der Waals surface area contributed by atoms with Crippen molar-refractivity contribution in [2.24, 2.45) is 10.2 Å². The second-order valence-electron chi connectivity index (χ2n) is 15.0. The maximum atomic E-state index is 14.3. The Balaban J connectivity index is 0.000000174. The van der Waals surface area contributed by atoms with Gasteiger partial charge in [-0.05, 0) is 93.0 Å². The Morgan fingerprint density at radius 3 is 1.34 bits per heavy atom. The summed E-state index contributed by atoms with van der Waals surface area (Å²) < 4.78 is 68.4. The van der Waals surface area contributed by atoms with Crippen LogP contribution in [0.25, 0.3) is 40.3 Å². The van der Waals surface area contributed by atoms with E-state index in [9.17, 15) is 22.7 Å². The first-order valence-corrected chi connectivity index (χ1v) is 25.6. The number of hydrogen-bond donors (Lipinski definition) is 2. The van der Waals surface area contributed by atoms with Crippen molar-refractivity contribution < 1.29 is 47.0 Å². The molecule has 9 aromatic rings. The Kier molecular flexibility index (Phi) is 22.5. The molecule has 0 saturated heterocycles. The number of halogens is 4. The van der Waals surface area contributed by atoms with Gasteiger partial charge in [-0.15, -0.1) is 22.7 Å². The van der Waals surface area contributed by atoms with Crippen LogP contribution in [0.2, 0.25) is 0 Å². The largest absolute Gasteiger partial charge is 0.505 e. The van der Waals surface area contributed by atoms with Crippen molar-refractivity contribution in [2.45, 2.75) is 47.0 Å². The van der Waals surface area contributed by atoms with Gasteiger partial charge in [-0.2, -0.15) is 10.2 Å². The lowest BCUT2D eigenvalue weighted by Crippen LogP contribution is -2.20. The standard InChI is InChI=1S/C18H15P.C15H12F2OS.C14H10F2O2S.C5H12O.C3H8N2O2/c1-4-10-16(11-5-1)19(17-12-6-2-7-13-17)18-14-8-3-9-15-18;1-3-18-11-7-6-10-9-5-4-8(2)12(16)14(9)19-15(10)13(11)17;1-2-18-10-6-4-8-7-3-5-9(17)11(15)13(7)19-14(8)12(10)16;1-2-3-4-5-6;1-4-5-3-7-6-2/h1-15H;4-7H,3H2,1-2H3;3-6,17H,2H2,1H3;6H,2-5H2,1H3;3H2,1-2H3. The summed E-state index contributed by atoms with van der Waals surface area (Å²) in [5, 5.41) is 31.3. The van der Waals surface area contributed by atoms with Gasteiger partial charge in [-0.1, -0.05) is 123 Å². The van der Waals surface area contributed by atoms with E-state index in [1.165, 1.54) is 41.6 Å². The van der Waals surface area contributed by atoms with Gasteiger partial charge in [-0.3, -0.25) is 0 Å². The van der Waals surface area contributed by atoms with Crippen molar-refractivity contribution in [1.29, 1.82) is 0 Å². The number of ether oxygens (including phenoxy) is 2. The Bertz CT molecular complexity index is 2800. The maximum Gasteiger partial charge on any atom is 0.192 e. The zero-order valence-electron chi connectivity index (χ0n) is 39.9. The fourth-order valence-corrected chi connectivity index (χ4v) is 11.6. The predicted octanol–water partition coefficient (Wildman–Crippen LogP) is 14.7. The molecule has 2 heterocycles. The summed E-state index contributed by atoms with van der Waals surface area (Å²) in [5.74, 6) is -1.92. The lowest BCUT2D eigenvalue weighted by atomic mass is 10.1. The molecule has 70 heavy (non-hydrogen) atoms. The van der Waals surface area contributed by atoms with Crippen LogP contribution in [-0.4, -0.2) is 50.9 Å². The van der Waals surface area contributed by atoms with Gasteiger partial charge in [0.2, 0.25) is 0 Å². The minimum absolute atomic E-state index is 0.159. The number of unbranched alkanes of at least 4 members (excludes halogenated alkanes) is 2. The highest BCUT2D eigenvalue weighted by molar-refractivity contribution is 7.79. The third-order valence-electron chi connectivity index (χ3n) is 10.3. The molecule has 0 atom stereocenters. The van der Waals surface area contributed by atoms with Gasteiger partial charge in [0.05, 0.1) is 39.1 Å². The highest BCUT2D eigenvalue weighted by Crippen LogP contribution is 2.42. The van der Waals surface area contributed by atoms with Crippen LogP contribution in [0, 0.1) is 30.2 Å². The highest BCUT2D eigenvalue weighted by atomic mass is 32.1. The number of rotatable bonds is 13. The molecule has 0 radical (unpaired) electrons. The van der Waals surface area contributed by atoms with Crippen LogP contribution in [0.4, 0.5) is 17.6 Å². The van der Waals surface area contributed by atoms with Crippen LogP contribution in [0.5, 0.6) is 17.2 Å². The number of aliphatic hydroxyl groups is 1. The number of azo groups is 1. The third-order valence-corrected chi connectivity index (χ3v) is 15.1. The van der Waals surface area contributed by atoms with E-state index in [1.807, 2.05) is 6.07 Å². The maximum absolute atomic E-state index is 14.3. The Labute approximate surface area is 415 Å². The Morgan fingerprint density at radius 1 is 0.543 bits per heavy atom. The molecule has 368 valence electrons. The minimum atomic E-state index is -0.712. The number of aromatic hydroxyl groups is 1. The van der Waals surface area contributed by atoms with Gasteiger partial charge in [-0.25, -0.2) is 27.3 Å². The second-order valence-corrected chi connectivity index (χ2v) is 19.2. The van der Waals surface area contributed by atoms with Crippen LogP contribution in [-0.2, 0) is 9.78 Å². The van der Waals surface area contributed by atoms with Gasteiger partial charge >= 0.3 is 0 Å². The summed E-state index contributed by atoms with van der Waals surface area (Å²) >= 11 is 2.12. The fraction of sp³-hybridized carbons (Fsp3) is 0.236. The molecule has 0 saturated carbocycles. The molecule has 0 aliphatic rings. The van der Waals surface area contributed by atoms with Gasteiger partial charge in [0.1, 0.15) is 5.82 Å². The summed E-state index contributed by atoms with van der Waals surface area (Å²) in [4.78, 5) is 8.50. The number of thiophene rings is 2. The molecule has 15 heteroatoms. The van der Waals surface area contributed by atoms with E-state index in [0.717, 1.165) is 46.3 Å². The molecule has 0 aliphatic heterocycles. The topological polar surface area (TPSA) is 102 Å². The van der Waals surface area contributed by atoms with Crippen LogP contribution in [0.1, 0.15) is 45.6 Å². The number of fused-ring (bicyclic) bond motifs is 6. The summed E-state index contributed by atoms with van der Waals surface area (Å²) in [5.41, 5.74) is 0.574. The van der Waals surface area contributed by atoms with Crippen molar-refractivity contribution in [3.8, 4) is 17.2 Å². The van der Waals surface area contributed by atoms with E-state index in [0.29, 0.717) is 50.3 Å². The predicted molar refractivity (Wildman–Crippen MR) is 283 cm³/mol. The van der Waals surface area contributed by atoms with Crippen LogP contribution in [0.3, 0.4) is 0 Å². The third kappa shape index (κ3) is 14.3. The first-order valence-electron chi connectivity index (χ1n) is 22.6. The zero-order valence-corrected chi connectivity index (χ0v) is 42.5. The van der Waals surface area contributed by atoms with Crippen molar-refractivity contribution in [3.05, 3.63) is 168 Å². The van der Waals surface area contributed by atoms with Gasteiger partial charge in [0, 0.05) is 35.2 Å². The number of nitrogens with zero attached hydrogens (tertiary/aromatic N) is 2. The molecular formula is C55H57F4N2O6PS2. The zero-order chi connectivity index (χ0) is 50.4. The number of benzene rings is 7. The van der Waals surface area contributed by atoms with Crippen LogP contribution >= 0.6 is 30.6 Å². The highest BCUT2D eigenvalue weighted by Gasteiger charge is 2.19. The molecular weight excluding hydrogens is 956 g/mol. The van der Waals surface area contributed by atoms with Crippen LogP contribution in [0.15, 0.2) is 150 Å². The SMILES string of the molecule is CCCCCO.CCOc1ccc2c(sc3c(F)c(C)ccc32)c1F.CCOc1ccc2c(sc3c(F)c(O)ccc32)c1F.CN=NCOOC.c1ccc(P(c2ccccc2)c2ccccc2)cc1. The molecule has 9 rings (SSSR count). The normalized spacial score (nSPS) is 10.9. The van der Waals surface area contributed by atoms with E-state index in [2.05, 4.69) is 118 Å². The number of aryl methyl sites for hydroxylation is 1. The number of hydrogen-bond acceptors (Lipinski definition) is 10. The average molecular weight is 1010 g/mol. The monoisotopic (exact) mass is 1010 g/mol. The summed E-state index contributed by atoms with van der Waals surface area (Å²) in [6, 6.07) is 45.4. The van der Waals surface area contributed by atoms with E-state index in [-0.39, 0.29) is 28.7 Å². The molecule has 0 unspecified atom stereocenters. The van der Waals surface area contributed by atoms with Crippen molar-refractivity contribution in [3.63, 3.8) is 0 Å². The Hall–Kier alpha value is -5.99. The van der Waals surface area contributed by atoms with Crippen LogP contribution < -0.4 is 25.4 Å². The molecule has 0 fully saturated rings. The van der Waals surface area contributed by atoms with Crippen molar-refractivity contribution >= 4 is 86.9 Å². The molecule has 0 aliphatic carbocycles. The average Bonchev–Trinajstić information content (AvgIpc) is 3.97. The van der Waals surface area contributed by atoms with Gasteiger partial charge in [0.25, 0.3) is 0 Å². The quantitative estimate of drug-likeness (QED) is 0.0298. The summed E-state index contributed by atoms with van der Waals surface area (Å²) in [6.07, 6.45) is 3.33. The molecule has 7 aromatic carbocycles. The minimum Gasteiger partial charge on any atom is -0.505 e. The molecule has 0 spiro atoms. The molecule has 0 bridgehead atoms. The summed E-state index contributed by atoms with van der Waals surface area (Å²) in [6.45, 7) is 8.70. The number of aliphatic hydroxyl groups excluding tert-OH is 1. The van der Waals surface area contributed by atoms with E-state index in [4.69, 9.17) is 14.6 Å². The van der Waals surface area contributed by atoms with Crippen molar-refractivity contribution in [2.75, 3.05) is 40.7 Å².